The van der Waals surface area contributed by atoms with Crippen LogP contribution in [-0.2, 0) is 0 Å². The summed E-state index contributed by atoms with van der Waals surface area (Å²) in [5, 5.41) is 6.72. The minimum absolute atomic E-state index is 0.0779. The van der Waals surface area contributed by atoms with Crippen LogP contribution in [-0.4, -0.2) is 43.6 Å². The third-order valence-corrected chi connectivity index (χ3v) is 6.90. The van der Waals surface area contributed by atoms with E-state index in [1.807, 2.05) is 0 Å². The average molecular weight is 540 g/mol. The molecular formula is C25H23F2N7O3S. The number of carbonyl (C=O) groups is 1. The number of nitrogens with zero attached hydrogens (tertiary/aromatic N) is 4. The van der Waals surface area contributed by atoms with Gasteiger partial charge in [0.15, 0.2) is 5.82 Å². The maximum absolute atomic E-state index is 13.5. The first-order chi connectivity index (χ1) is 18.3. The summed E-state index contributed by atoms with van der Waals surface area (Å²) in [4.78, 5) is 34.1. The summed E-state index contributed by atoms with van der Waals surface area (Å²) in [6.45, 7) is 1.63. The van der Waals surface area contributed by atoms with Crippen LogP contribution in [0.3, 0.4) is 0 Å². The van der Waals surface area contributed by atoms with Crippen molar-refractivity contribution in [3.05, 3.63) is 64.0 Å². The van der Waals surface area contributed by atoms with Gasteiger partial charge in [0.1, 0.15) is 22.3 Å². The Bertz CT molecular complexity index is 1500. The SMILES string of the molecule is COc1cnc(C(F)F)cc1-c1cc(-n2nccc(C)c2=O)ncc1C(=O)NC1NNC(C#CC2CC2)S1. The summed E-state index contributed by atoms with van der Waals surface area (Å²) in [5.41, 5.74) is 5.50. The predicted molar refractivity (Wildman–Crippen MR) is 137 cm³/mol. The Morgan fingerprint density at radius 2 is 2.03 bits per heavy atom. The van der Waals surface area contributed by atoms with Gasteiger partial charge in [-0.1, -0.05) is 23.6 Å². The standard InChI is InChI=1S/C25H23F2N7O3S/c1-13-7-8-30-34(24(13)36)20-10-15(16-9-18(22(26)27)28-12-19(16)37-2)17(11-29-20)23(35)31-25-33-32-21(38-25)6-5-14-3-4-14/h7-12,14,21-22,25,32-33H,3-4H2,1-2H3,(H,31,35). The van der Waals surface area contributed by atoms with Gasteiger partial charge in [-0.15, -0.1) is 0 Å². The summed E-state index contributed by atoms with van der Waals surface area (Å²) in [6.07, 6.45) is 3.25. The predicted octanol–water partition coefficient (Wildman–Crippen LogP) is 2.54. The first kappa shape index (κ1) is 25.8. The van der Waals surface area contributed by atoms with Crippen molar-refractivity contribution in [2.24, 2.45) is 5.92 Å². The van der Waals surface area contributed by atoms with Crippen molar-refractivity contribution < 1.29 is 18.3 Å². The Morgan fingerprint density at radius 1 is 1.21 bits per heavy atom. The number of methoxy groups -OCH3 is 1. The molecule has 4 heterocycles. The number of pyridine rings is 2. The highest BCUT2D eigenvalue weighted by Crippen LogP contribution is 2.35. The molecule has 1 saturated heterocycles. The summed E-state index contributed by atoms with van der Waals surface area (Å²) in [7, 11) is 1.37. The minimum Gasteiger partial charge on any atom is -0.494 e. The molecule has 1 amide bonds. The molecule has 0 radical (unpaired) electrons. The molecule has 1 saturated carbocycles. The van der Waals surface area contributed by atoms with Gasteiger partial charge in [-0.05, 0) is 38.0 Å². The van der Waals surface area contributed by atoms with E-state index >= 15 is 0 Å². The van der Waals surface area contributed by atoms with Crippen molar-refractivity contribution in [1.82, 2.24) is 35.9 Å². The van der Waals surface area contributed by atoms with Gasteiger partial charge >= 0.3 is 0 Å². The fraction of sp³-hybridized carbons (Fsp3) is 0.320. The van der Waals surface area contributed by atoms with Gasteiger partial charge in [0.05, 0.1) is 18.9 Å². The maximum Gasteiger partial charge on any atom is 0.280 e. The second kappa shape index (κ2) is 10.9. The van der Waals surface area contributed by atoms with E-state index in [1.165, 1.54) is 37.3 Å². The summed E-state index contributed by atoms with van der Waals surface area (Å²) in [5.74, 6) is 6.50. The Labute approximate surface area is 220 Å². The lowest BCUT2D eigenvalue weighted by molar-refractivity contribution is 0.0945. The molecule has 2 unspecified atom stereocenters. The van der Waals surface area contributed by atoms with Gasteiger partial charge in [-0.3, -0.25) is 14.6 Å². The van der Waals surface area contributed by atoms with Crippen molar-refractivity contribution in [2.45, 2.75) is 37.1 Å². The number of halogens is 2. The number of amides is 1. The van der Waals surface area contributed by atoms with E-state index in [9.17, 15) is 18.4 Å². The fourth-order valence-electron chi connectivity index (χ4n) is 3.69. The Balaban J connectivity index is 1.53. The molecule has 3 aromatic rings. The van der Waals surface area contributed by atoms with E-state index in [1.54, 1.807) is 13.0 Å². The molecule has 10 nitrogen and oxygen atoms in total. The third-order valence-electron chi connectivity index (χ3n) is 5.89. The maximum atomic E-state index is 13.5. The molecule has 2 atom stereocenters. The fourth-order valence-corrected chi connectivity index (χ4v) is 4.55. The number of nitrogens with one attached hydrogen (secondary N) is 3. The van der Waals surface area contributed by atoms with E-state index in [0.29, 0.717) is 11.5 Å². The molecule has 0 spiro atoms. The lowest BCUT2D eigenvalue weighted by atomic mass is 10.00. The third kappa shape index (κ3) is 5.52. The van der Waals surface area contributed by atoms with Crippen molar-refractivity contribution in [3.8, 4) is 34.5 Å². The van der Waals surface area contributed by atoms with Crippen LogP contribution in [0.1, 0.15) is 40.9 Å². The number of carbonyl (C=O) groups excluding carboxylic acids is 1. The van der Waals surface area contributed by atoms with Crippen molar-refractivity contribution in [2.75, 3.05) is 7.11 Å². The monoisotopic (exact) mass is 539 g/mol. The molecule has 196 valence electrons. The molecule has 13 heteroatoms. The van der Waals surface area contributed by atoms with Crippen LogP contribution in [0.4, 0.5) is 8.78 Å². The Hall–Kier alpha value is -3.86. The number of aryl methyl sites for hydroxylation is 1. The van der Waals surface area contributed by atoms with Crippen LogP contribution in [0.25, 0.3) is 16.9 Å². The zero-order chi connectivity index (χ0) is 26.8. The highest BCUT2D eigenvalue weighted by Gasteiger charge is 2.28. The first-order valence-electron chi connectivity index (χ1n) is 11.7. The number of rotatable bonds is 6. The summed E-state index contributed by atoms with van der Waals surface area (Å²) in [6, 6.07) is 4.15. The number of hydrogen-bond donors (Lipinski definition) is 3. The lowest BCUT2D eigenvalue weighted by Gasteiger charge is -2.17. The second-order valence-corrected chi connectivity index (χ2v) is 9.87. The molecular weight excluding hydrogens is 516 g/mol. The number of hydrogen-bond acceptors (Lipinski definition) is 9. The van der Waals surface area contributed by atoms with Gasteiger partial charge in [0, 0.05) is 35.0 Å². The first-order valence-corrected chi connectivity index (χ1v) is 12.6. The number of thioether (sulfide) groups is 1. The smallest absolute Gasteiger partial charge is 0.280 e. The van der Waals surface area contributed by atoms with Crippen LogP contribution >= 0.6 is 11.8 Å². The van der Waals surface area contributed by atoms with Crippen LogP contribution in [0, 0.1) is 24.7 Å². The lowest BCUT2D eigenvalue weighted by Crippen LogP contribution is -2.43. The highest BCUT2D eigenvalue weighted by atomic mass is 32.2. The Kier molecular flexibility index (Phi) is 7.37. The van der Waals surface area contributed by atoms with Gasteiger partial charge in [0.25, 0.3) is 17.9 Å². The number of aromatic nitrogens is 4. The minimum atomic E-state index is -2.85. The quantitative estimate of drug-likeness (QED) is 0.406. The van der Waals surface area contributed by atoms with E-state index in [0.717, 1.165) is 29.8 Å². The zero-order valence-electron chi connectivity index (χ0n) is 20.4. The Morgan fingerprint density at radius 3 is 2.76 bits per heavy atom. The second-order valence-electron chi connectivity index (χ2n) is 8.65. The zero-order valence-corrected chi connectivity index (χ0v) is 21.2. The van der Waals surface area contributed by atoms with Crippen LogP contribution in [0.2, 0.25) is 0 Å². The van der Waals surface area contributed by atoms with Gasteiger partial charge in [0.2, 0.25) is 0 Å². The van der Waals surface area contributed by atoms with Gasteiger partial charge in [-0.25, -0.2) is 24.6 Å². The van der Waals surface area contributed by atoms with Crippen molar-refractivity contribution in [3.63, 3.8) is 0 Å². The largest absolute Gasteiger partial charge is 0.494 e. The molecule has 3 N–H and O–H groups in total. The number of ether oxygens (including phenoxy) is 1. The normalized spacial score (nSPS) is 18.7. The van der Waals surface area contributed by atoms with Crippen molar-refractivity contribution >= 4 is 17.7 Å². The van der Waals surface area contributed by atoms with Crippen LogP contribution in [0.5, 0.6) is 5.75 Å². The topological polar surface area (TPSA) is 123 Å². The van der Waals surface area contributed by atoms with Gasteiger partial charge in [-0.2, -0.15) is 9.78 Å². The van der Waals surface area contributed by atoms with Gasteiger partial charge < -0.3 is 10.1 Å². The molecule has 2 fully saturated rings. The van der Waals surface area contributed by atoms with E-state index < -0.39 is 29.1 Å². The van der Waals surface area contributed by atoms with Crippen LogP contribution in [0.15, 0.2) is 41.6 Å². The summed E-state index contributed by atoms with van der Waals surface area (Å²) < 4.78 is 33.5. The summed E-state index contributed by atoms with van der Waals surface area (Å²) >= 11 is 1.39. The molecule has 5 rings (SSSR count). The van der Waals surface area contributed by atoms with Crippen LogP contribution < -0.4 is 26.5 Å². The van der Waals surface area contributed by atoms with E-state index in [2.05, 4.69) is 43.1 Å². The molecule has 3 aromatic heterocycles. The molecule has 0 aromatic carbocycles. The van der Waals surface area contributed by atoms with E-state index in [-0.39, 0.29) is 33.6 Å². The highest BCUT2D eigenvalue weighted by molar-refractivity contribution is 8.00. The number of hydrazine groups is 1. The molecule has 38 heavy (non-hydrogen) atoms. The van der Waals surface area contributed by atoms with Crippen molar-refractivity contribution in [1.29, 1.82) is 0 Å². The molecule has 1 aliphatic carbocycles. The van der Waals surface area contributed by atoms with E-state index in [4.69, 9.17) is 4.74 Å². The molecule has 2 aliphatic rings. The average Bonchev–Trinajstić information content (AvgIpc) is 3.65. The molecule has 1 aliphatic heterocycles. The molecule has 0 bridgehead atoms. The number of alkyl halides is 2.